The third-order valence-corrected chi connectivity index (χ3v) is 3.12. The van der Waals surface area contributed by atoms with Gasteiger partial charge in [-0.25, -0.2) is 9.97 Å². The minimum Gasteiger partial charge on any atom is -0.497 e. The van der Waals surface area contributed by atoms with E-state index in [1.165, 1.54) is 0 Å². The van der Waals surface area contributed by atoms with Crippen LogP contribution in [-0.2, 0) is 13.0 Å². The molecule has 1 aromatic heterocycles. The standard InChI is InChI=1S/C17H23N3O/c1-13(2)11-18-12-15-7-8-19-17(20-15)10-14-5-4-6-16(9-14)21-3/h4-9,13,18H,10-12H2,1-3H3. The smallest absolute Gasteiger partial charge is 0.132 e. The molecule has 0 saturated heterocycles. The number of ether oxygens (including phenoxy) is 1. The molecular weight excluding hydrogens is 262 g/mol. The zero-order chi connectivity index (χ0) is 15.1. The fourth-order valence-corrected chi connectivity index (χ4v) is 2.08. The van der Waals surface area contributed by atoms with Crippen LogP contribution in [0.25, 0.3) is 0 Å². The van der Waals surface area contributed by atoms with Gasteiger partial charge in [-0.3, -0.25) is 0 Å². The van der Waals surface area contributed by atoms with Crippen molar-refractivity contribution in [3.63, 3.8) is 0 Å². The van der Waals surface area contributed by atoms with E-state index < -0.39 is 0 Å². The summed E-state index contributed by atoms with van der Waals surface area (Å²) in [5, 5.41) is 3.40. The highest BCUT2D eigenvalue weighted by Crippen LogP contribution is 2.14. The molecule has 112 valence electrons. The molecule has 21 heavy (non-hydrogen) atoms. The summed E-state index contributed by atoms with van der Waals surface area (Å²) in [7, 11) is 1.68. The van der Waals surface area contributed by atoms with Gasteiger partial charge in [0.2, 0.25) is 0 Å². The molecule has 0 aliphatic rings. The minimum absolute atomic E-state index is 0.642. The topological polar surface area (TPSA) is 47.0 Å². The van der Waals surface area contributed by atoms with Crippen LogP contribution in [0.15, 0.2) is 36.5 Å². The lowest BCUT2D eigenvalue weighted by atomic mass is 10.1. The predicted octanol–water partition coefficient (Wildman–Crippen LogP) is 2.82. The Bertz CT molecular complexity index is 569. The molecule has 0 atom stereocenters. The number of nitrogens with zero attached hydrogens (tertiary/aromatic N) is 2. The molecule has 4 nitrogen and oxygen atoms in total. The van der Waals surface area contributed by atoms with Crippen molar-refractivity contribution in [2.24, 2.45) is 5.92 Å². The highest BCUT2D eigenvalue weighted by atomic mass is 16.5. The van der Waals surface area contributed by atoms with Crippen LogP contribution in [0.5, 0.6) is 5.75 Å². The molecule has 4 heteroatoms. The maximum Gasteiger partial charge on any atom is 0.132 e. The lowest BCUT2D eigenvalue weighted by Gasteiger charge is -2.08. The molecule has 1 heterocycles. The van der Waals surface area contributed by atoms with Crippen molar-refractivity contribution in [3.8, 4) is 5.75 Å². The second kappa shape index (κ2) is 7.74. The number of rotatable bonds is 7. The van der Waals surface area contributed by atoms with Gasteiger partial charge in [0.1, 0.15) is 11.6 Å². The summed E-state index contributed by atoms with van der Waals surface area (Å²) < 4.78 is 5.24. The van der Waals surface area contributed by atoms with E-state index in [0.29, 0.717) is 5.92 Å². The third-order valence-electron chi connectivity index (χ3n) is 3.12. The van der Waals surface area contributed by atoms with Crippen LogP contribution in [0.3, 0.4) is 0 Å². The number of aromatic nitrogens is 2. The molecule has 0 amide bonds. The Balaban J connectivity index is 1.99. The Morgan fingerprint density at radius 2 is 2.10 bits per heavy atom. The second-order valence-electron chi connectivity index (χ2n) is 5.52. The maximum absolute atomic E-state index is 5.24. The Morgan fingerprint density at radius 1 is 1.24 bits per heavy atom. The van der Waals surface area contributed by atoms with Gasteiger partial charge in [0, 0.05) is 19.2 Å². The summed E-state index contributed by atoms with van der Waals surface area (Å²) >= 11 is 0. The zero-order valence-electron chi connectivity index (χ0n) is 13.0. The lowest BCUT2D eigenvalue weighted by molar-refractivity contribution is 0.414. The van der Waals surface area contributed by atoms with Gasteiger partial charge >= 0.3 is 0 Å². The minimum atomic E-state index is 0.642. The normalized spacial score (nSPS) is 10.9. The molecule has 0 radical (unpaired) electrons. The van der Waals surface area contributed by atoms with Crippen LogP contribution in [0.1, 0.15) is 30.9 Å². The summed E-state index contributed by atoms with van der Waals surface area (Å²) in [6.07, 6.45) is 2.55. The summed E-state index contributed by atoms with van der Waals surface area (Å²) in [6, 6.07) is 9.98. The first-order valence-electron chi connectivity index (χ1n) is 7.32. The quantitative estimate of drug-likeness (QED) is 0.850. The highest BCUT2D eigenvalue weighted by Gasteiger charge is 2.03. The molecule has 0 bridgehead atoms. The number of methoxy groups -OCH3 is 1. The van der Waals surface area contributed by atoms with Gasteiger partial charge in [0.15, 0.2) is 0 Å². The van der Waals surface area contributed by atoms with Gasteiger partial charge < -0.3 is 10.1 Å². The first kappa shape index (κ1) is 15.4. The van der Waals surface area contributed by atoms with Crippen molar-refractivity contribution >= 4 is 0 Å². The van der Waals surface area contributed by atoms with Crippen molar-refractivity contribution in [1.82, 2.24) is 15.3 Å². The molecule has 0 fully saturated rings. The van der Waals surface area contributed by atoms with Gasteiger partial charge in [-0.1, -0.05) is 26.0 Å². The molecule has 0 aliphatic carbocycles. The molecule has 0 spiro atoms. The van der Waals surface area contributed by atoms with Crippen molar-refractivity contribution < 1.29 is 4.74 Å². The Labute approximate surface area is 126 Å². The number of hydrogen-bond donors (Lipinski definition) is 1. The molecule has 2 aromatic rings. The van der Waals surface area contributed by atoms with E-state index in [0.717, 1.165) is 42.3 Å². The summed E-state index contributed by atoms with van der Waals surface area (Å²) in [5.41, 5.74) is 2.19. The van der Waals surface area contributed by atoms with Crippen molar-refractivity contribution in [3.05, 3.63) is 53.6 Å². The molecule has 1 N–H and O–H groups in total. The van der Waals surface area contributed by atoms with Crippen LogP contribution in [0, 0.1) is 5.92 Å². The Kier molecular flexibility index (Phi) is 5.69. The number of nitrogens with one attached hydrogen (secondary N) is 1. The zero-order valence-corrected chi connectivity index (χ0v) is 13.0. The van der Waals surface area contributed by atoms with Gasteiger partial charge in [-0.2, -0.15) is 0 Å². The van der Waals surface area contributed by atoms with E-state index in [1.54, 1.807) is 7.11 Å². The van der Waals surface area contributed by atoms with Gasteiger partial charge in [-0.05, 0) is 36.2 Å². The lowest BCUT2D eigenvalue weighted by Crippen LogP contribution is -2.20. The SMILES string of the molecule is COc1cccc(Cc2nccc(CNCC(C)C)n2)c1. The van der Waals surface area contributed by atoms with Crippen molar-refractivity contribution in [2.75, 3.05) is 13.7 Å². The van der Waals surface area contributed by atoms with Gasteiger partial charge in [0.05, 0.1) is 12.8 Å². The number of benzene rings is 1. The summed E-state index contributed by atoms with van der Waals surface area (Å²) in [6.45, 7) is 6.17. The molecule has 2 rings (SSSR count). The second-order valence-corrected chi connectivity index (χ2v) is 5.52. The predicted molar refractivity (Wildman–Crippen MR) is 84.4 cm³/mol. The maximum atomic E-state index is 5.24. The average molecular weight is 285 g/mol. The van der Waals surface area contributed by atoms with Crippen LogP contribution >= 0.6 is 0 Å². The van der Waals surface area contributed by atoms with E-state index in [2.05, 4.69) is 35.2 Å². The Morgan fingerprint density at radius 3 is 2.86 bits per heavy atom. The molecular formula is C17H23N3O. The largest absolute Gasteiger partial charge is 0.497 e. The Hall–Kier alpha value is -1.94. The van der Waals surface area contributed by atoms with E-state index in [-0.39, 0.29) is 0 Å². The average Bonchev–Trinajstić information content (AvgIpc) is 2.47. The van der Waals surface area contributed by atoms with E-state index in [9.17, 15) is 0 Å². The fraction of sp³-hybridized carbons (Fsp3) is 0.412. The monoisotopic (exact) mass is 285 g/mol. The van der Waals surface area contributed by atoms with Crippen LogP contribution in [0.4, 0.5) is 0 Å². The first-order chi connectivity index (χ1) is 10.2. The van der Waals surface area contributed by atoms with Gasteiger partial charge in [0.25, 0.3) is 0 Å². The van der Waals surface area contributed by atoms with Gasteiger partial charge in [-0.15, -0.1) is 0 Å². The summed E-state index contributed by atoms with van der Waals surface area (Å²) in [4.78, 5) is 8.96. The first-order valence-corrected chi connectivity index (χ1v) is 7.32. The fourth-order valence-electron chi connectivity index (χ4n) is 2.08. The molecule has 0 unspecified atom stereocenters. The third kappa shape index (κ3) is 5.16. The molecule has 0 aliphatic heterocycles. The van der Waals surface area contributed by atoms with E-state index in [4.69, 9.17) is 4.74 Å². The van der Waals surface area contributed by atoms with Crippen LogP contribution < -0.4 is 10.1 Å². The highest BCUT2D eigenvalue weighted by molar-refractivity contribution is 5.30. The number of hydrogen-bond acceptors (Lipinski definition) is 4. The molecule has 0 saturated carbocycles. The van der Waals surface area contributed by atoms with Crippen LogP contribution in [0.2, 0.25) is 0 Å². The molecule has 1 aromatic carbocycles. The van der Waals surface area contributed by atoms with Crippen molar-refractivity contribution in [2.45, 2.75) is 26.8 Å². The van der Waals surface area contributed by atoms with E-state index >= 15 is 0 Å². The van der Waals surface area contributed by atoms with E-state index in [1.807, 2.05) is 30.5 Å². The van der Waals surface area contributed by atoms with Crippen molar-refractivity contribution in [1.29, 1.82) is 0 Å². The van der Waals surface area contributed by atoms with Crippen LogP contribution in [-0.4, -0.2) is 23.6 Å². The summed E-state index contributed by atoms with van der Waals surface area (Å²) in [5.74, 6) is 2.34.